The molecule has 0 unspecified atom stereocenters. The van der Waals surface area contributed by atoms with E-state index in [-0.39, 0.29) is 0 Å². The van der Waals surface area contributed by atoms with Gasteiger partial charge in [0.1, 0.15) is 11.5 Å². The number of aryl methyl sites for hydroxylation is 2. The fourth-order valence-corrected chi connectivity index (χ4v) is 4.94. The summed E-state index contributed by atoms with van der Waals surface area (Å²) in [4.78, 5) is 0. The number of ether oxygens (including phenoxy) is 2. The van der Waals surface area contributed by atoms with E-state index >= 15 is 0 Å². The summed E-state index contributed by atoms with van der Waals surface area (Å²) in [6.07, 6.45) is 7.04. The highest BCUT2D eigenvalue weighted by atomic mass is 32.1. The van der Waals surface area contributed by atoms with E-state index in [0.29, 0.717) is 0 Å². The van der Waals surface area contributed by atoms with Crippen molar-refractivity contribution in [3.8, 4) is 11.5 Å². The van der Waals surface area contributed by atoms with Crippen LogP contribution in [-0.2, 0) is 0 Å². The molecule has 146 valence electrons. The summed E-state index contributed by atoms with van der Waals surface area (Å²) in [6, 6.07) is 8.85. The molecule has 0 bridgehead atoms. The van der Waals surface area contributed by atoms with E-state index in [1.807, 2.05) is 11.3 Å². The molecule has 0 saturated carbocycles. The van der Waals surface area contributed by atoms with Crippen LogP contribution in [0.25, 0.3) is 20.2 Å². The second-order valence-corrected chi connectivity index (χ2v) is 8.55. The molecule has 0 spiro atoms. The standard InChI is InChI=1S/C24H32O2S/c1-5-7-9-11-25-19-15-20(26-12-10-8-6-2)24-22(16-19)27-21-14-17(3)13-18(4)23(21)24/h13-16H,5-12H2,1-4H3. The lowest BCUT2D eigenvalue weighted by atomic mass is 10.0. The summed E-state index contributed by atoms with van der Waals surface area (Å²) < 4.78 is 14.9. The molecule has 3 rings (SSSR count). The Kier molecular flexibility index (Phi) is 7.01. The maximum Gasteiger partial charge on any atom is 0.132 e. The summed E-state index contributed by atoms with van der Waals surface area (Å²) in [5, 5.41) is 2.59. The maximum atomic E-state index is 6.27. The normalized spacial score (nSPS) is 11.4. The van der Waals surface area contributed by atoms with E-state index in [1.165, 1.54) is 57.0 Å². The van der Waals surface area contributed by atoms with Gasteiger partial charge < -0.3 is 9.47 Å². The third-order valence-electron chi connectivity index (χ3n) is 4.98. The van der Waals surface area contributed by atoms with Crippen molar-refractivity contribution in [3.05, 3.63) is 35.4 Å². The van der Waals surface area contributed by atoms with Crippen LogP contribution in [-0.4, -0.2) is 13.2 Å². The first-order valence-electron chi connectivity index (χ1n) is 10.4. The fourth-order valence-electron chi connectivity index (χ4n) is 3.61. The van der Waals surface area contributed by atoms with E-state index in [1.54, 1.807) is 0 Å². The van der Waals surface area contributed by atoms with Crippen molar-refractivity contribution in [3.63, 3.8) is 0 Å². The van der Waals surface area contributed by atoms with Crippen LogP contribution in [0.3, 0.4) is 0 Å². The van der Waals surface area contributed by atoms with Gasteiger partial charge in [0, 0.05) is 26.2 Å². The molecule has 1 heterocycles. The van der Waals surface area contributed by atoms with Gasteiger partial charge in [0.25, 0.3) is 0 Å². The van der Waals surface area contributed by atoms with E-state index in [4.69, 9.17) is 9.47 Å². The second-order valence-electron chi connectivity index (χ2n) is 7.46. The van der Waals surface area contributed by atoms with Crippen molar-refractivity contribution < 1.29 is 9.47 Å². The van der Waals surface area contributed by atoms with Gasteiger partial charge in [-0.1, -0.05) is 45.6 Å². The molecule has 2 aromatic carbocycles. The minimum Gasteiger partial charge on any atom is -0.493 e. The van der Waals surface area contributed by atoms with Crippen LogP contribution in [0.5, 0.6) is 11.5 Å². The SMILES string of the molecule is CCCCCOc1cc(OCCCCC)c2c(c1)sc1cc(C)cc(C)c12. The van der Waals surface area contributed by atoms with E-state index < -0.39 is 0 Å². The van der Waals surface area contributed by atoms with Crippen LogP contribution in [0.2, 0.25) is 0 Å². The van der Waals surface area contributed by atoms with Gasteiger partial charge in [-0.15, -0.1) is 11.3 Å². The molecule has 0 aliphatic rings. The molecular weight excluding hydrogens is 352 g/mol. The quantitative estimate of drug-likeness (QED) is 0.332. The zero-order chi connectivity index (χ0) is 19.2. The lowest BCUT2D eigenvalue weighted by molar-refractivity contribution is 0.294. The van der Waals surface area contributed by atoms with Gasteiger partial charge >= 0.3 is 0 Å². The topological polar surface area (TPSA) is 18.5 Å². The van der Waals surface area contributed by atoms with Crippen LogP contribution in [0, 0.1) is 13.8 Å². The van der Waals surface area contributed by atoms with Crippen molar-refractivity contribution >= 4 is 31.5 Å². The third kappa shape index (κ3) is 4.76. The van der Waals surface area contributed by atoms with Gasteiger partial charge in [-0.25, -0.2) is 0 Å². The summed E-state index contributed by atoms with van der Waals surface area (Å²) in [5.74, 6) is 1.91. The van der Waals surface area contributed by atoms with Crippen LogP contribution in [0.4, 0.5) is 0 Å². The monoisotopic (exact) mass is 384 g/mol. The van der Waals surface area contributed by atoms with Crippen molar-refractivity contribution in [2.24, 2.45) is 0 Å². The summed E-state index contributed by atoms with van der Waals surface area (Å²) in [6.45, 7) is 10.4. The Balaban J connectivity index is 1.99. The molecule has 1 aromatic heterocycles. The number of benzene rings is 2. The number of hydrogen-bond donors (Lipinski definition) is 0. The van der Waals surface area contributed by atoms with Crippen LogP contribution < -0.4 is 9.47 Å². The zero-order valence-electron chi connectivity index (χ0n) is 17.2. The fraction of sp³-hybridized carbons (Fsp3) is 0.500. The average molecular weight is 385 g/mol. The van der Waals surface area contributed by atoms with E-state index in [0.717, 1.165) is 37.6 Å². The number of fused-ring (bicyclic) bond motifs is 3. The summed E-state index contributed by atoms with van der Waals surface area (Å²) in [5.41, 5.74) is 2.64. The zero-order valence-corrected chi connectivity index (χ0v) is 18.0. The lowest BCUT2D eigenvalue weighted by Crippen LogP contribution is -2.00. The molecule has 27 heavy (non-hydrogen) atoms. The van der Waals surface area contributed by atoms with Crippen molar-refractivity contribution in [2.75, 3.05) is 13.2 Å². The molecule has 3 aromatic rings. The predicted octanol–water partition coefficient (Wildman–Crippen LogP) is 7.81. The van der Waals surface area contributed by atoms with Crippen LogP contribution in [0.1, 0.15) is 63.5 Å². The molecule has 0 atom stereocenters. The average Bonchev–Trinajstić information content (AvgIpc) is 3.00. The molecule has 0 saturated heterocycles. The van der Waals surface area contributed by atoms with Crippen LogP contribution in [0.15, 0.2) is 24.3 Å². The minimum atomic E-state index is 0.768. The highest BCUT2D eigenvalue weighted by molar-refractivity contribution is 7.26. The molecule has 0 aliphatic heterocycles. The van der Waals surface area contributed by atoms with Gasteiger partial charge in [-0.2, -0.15) is 0 Å². The highest BCUT2D eigenvalue weighted by Gasteiger charge is 2.15. The Bertz CT molecular complexity index is 894. The largest absolute Gasteiger partial charge is 0.493 e. The Morgan fingerprint density at radius 1 is 0.741 bits per heavy atom. The molecule has 0 amide bonds. The maximum absolute atomic E-state index is 6.27. The molecule has 2 nitrogen and oxygen atoms in total. The summed E-state index contributed by atoms with van der Waals surface area (Å²) in [7, 11) is 0. The smallest absolute Gasteiger partial charge is 0.132 e. The van der Waals surface area contributed by atoms with Gasteiger partial charge in [-0.3, -0.25) is 0 Å². The van der Waals surface area contributed by atoms with Gasteiger partial charge in [0.2, 0.25) is 0 Å². The van der Waals surface area contributed by atoms with Gasteiger partial charge in [0.05, 0.1) is 13.2 Å². The molecule has 0 fully saturated rings. The molecular formula is C24H32O2S. The first kappa shape index (κ1) is 20.0. The number of hydrogen-bond acceptors (Lipinski definition) is 3. The molecule has 3 heteroatoms. The Morgan fingerprint density at radius 2 is 1.41 bits per heavy atom. The Hall–Kier alpha value is -1.74. The number of unbranched alkanes of at least 4 members (excludes halogenated alkanes) is 4. The van der Waals surface area contributed by atoms with Crippen molar-refractivity contribution in [2.45, 2.75) is 66.2 Å². The second kappa shape index (κ2) is 9.45. The Morgan fingerprint density at radius 3 is 2.11 bits per heavy atom. The van der Waals surface area contributed by atoms with E-state index in [2.05, 4.69) is 52.0 Å². The van der Waals surface area contributed by atoms with E-state index in [9.17, 15) is 0 Å². The third-order valence-corrected chi connectivity index (χ3v) is 6.06. The number of thiophene rings is 1. The Labute approximate surface area is 167 Å². The first-order valence-corrected chi connectivity index (χ1v) is 11.2. The molecule has 0 aliphatic carbocycles. The highest BCUT2D eigenvalue weighted by Crippen LogP contribution is 2.43. The summed E-state index contributed by atoms with van der Waals surface area (Å²) >= 11 is 1.85. The number of rotatable bonds is 10. The lowest BCUT2D eigenvalue weighted by Gasteiger charge is -2.12. The van der Waals surface area contributed by atoms with Crippen LogP contribution >= 0.6 is 11.3 Å². The predicted molar refractivity (Wildman–Crippen MR) is 119 cm³/mol. The molecule has 0 radical (unpaired) electrons. The van der Waals surface area contributed by atoms with Crippen molar-refractivity contribution in [1.82, 2.24) is 0 Å². The van der Waals surface area contributed by atoms with Crippen molar-refractivity contribution in [1.29, 1.82) is 0 Å². The molecule has 0 N–H and O–H groups in total. The van der Waals surface area contributed by atoms with Gasteiger partial charge in [0.15, 0.2) is 0 Å². The minimum absolute atomic E-state index is 0.768. The van der Waals surface area contributed by atoms with Gasteiger partial charge in [-0.05, 0) is 49.9 Å². The first-order chi connectivity index (χ1) is 13.1.